The van der Waals surface area contributed by atoms with Crippen molar-refractivity contribution >= 4 is 17.5 Å². The quantitative estimate of drug-likeness (QED) is 0.789. The molecule has 1 aromatic rings. The van der Waals surface area contributed by atoms with Crippen molar-refractivity contribution in [3.63, 3.8) is 0 Å². The van der Waals surface area contributed by atoms with Crippen LogP contribution in [0.2, 0.25) is 5.02 Å². The van der Waals surface area contributed by atoms with Crippen LogP contribution in [0, 0.1) is 0 Å². The fourth-order valence-corrected chi connectivity index (χ4v) is 2.77. The van der Waals surface area contributed by atoms with Crippen molar-refractivity contribution in [2.24, 2.45) is 0 Å². The SMILES string of the molecule is CC1CN(C(=O)C2Cc3cc(Cl)ccc3O2)CCO1. The van der Waals surface area contributed by atoms with Gasteiger partial charge in [0.25, 0.3) is 5.91 Å². The lowest BCUT2D eigenvalue weighted by molar-refractivity contribution is -0.144. The highest BCUT2D eigenvalue weighted by Gasteiger charge is 2.34. The molecular formula is C14H16ClNO3. The lowest BCUT2D eigenvalue weighted by Crippen LogP contribution is -2.49. The topological polar surface area (TPSA) is 38.8 Å². The molecule has 0 saturated carbocycles. The first-order valence-electron chi connectivity index (χ1n) is 6.49. The molecule has 1 fully saturated rings. The number of morpholine rings is 1. The predicted molar refractivity (Wildman–Crippen MR) is 71.6 cm³/mol. The van der Waals surface area contributed by atoms with E-state index in [1.165, 1.54) is 0 Å². The molecule has 2 aliphatic rings. The second kappa shape index (κ2) is 5.02. The fraction of sp³-hybridized carbons (Fsp3) is 0.500. The molecule has 0 aliphatic carbocycles. The van der Waals surface area contributed by atoms with E-state index >= 15 is 0 Å². The molecule has 0 spiro atoms. The smallest absolute Gasteiger partial charge is 0.264 e. The second-order valence-corrected chi connectivity index (χ2v) is 5.46. The molecule has 102 valence electrons. The van der Waals surface area contributed by atoms with Gasteiger partial charge < -0.3 is 14.4 Å². The van der Waals surface area contributed by atoms with Crippen molar-refractivity contribution in [1.29, 1.82) is 0 Å². The lowest BCUT2D eigenvalue weighted by atomic mass is 10.1. The molecule has 1 aromatic carbocycles. The van der Waals surface area contributed by atoms with E-state index in [1.54, 1.807) is 6.07 Å². The summed E-state index contributed by atoms with van der Waals surface area (Å²) in [7, 11) is 0. The maximum atomic E-state index is 12.4. The largest absolute Gasteiger partial charge is 0.480 e. The standard InChI is InChI=1S/C14H16ClNO3/c1-9-8-16(4-5-18-9)14(17)13-7-10-6-11(15)2-3-12(10)19-13/h2-3,6,9,13H,4-5,7-8H2,1H3. The molecule has 1 amide bonds. The number of rotatable bonds is 1. The van der Waals surface area contributed by atoms with Crippen LogP contribution in [0.1, 0.15) is 12.5 Å². The van der Waals surface area contributed by atoms with Crippen molar-refractivity contribution < 1.29 is 14.3 Å². The summed E-state index contributed by atoms with van der Waals surface area (Å²) in [5.41, 5.74) is 1.01. The van der Waals surface area contributed by atoms with E-state index in [0.717, 1.165) is 11.3 Å². The maximum absolute atomic E-state index is 12.4. The van der Waals surface area contributed by atoms with Crippen molar-refractivity contribution in [2.75, 3.05) is 19.7 Å². The summed E-state index contributed by atoms with van der Waals surface area (Å²) in [6.45, 7) is 3.85. The first-order valence-corrected chi connectivity index (χ1v) is 6.87. The van der Waals surface area contributed by atoms with Gasteiger partial charge in [-0.1, -0.05) is 11.6 Å². The molecule has 2 atom stereocenters. The zero-order valence-corrected chi connectivity index (χ0v) is 11.5. The molecule has 0 aromatic heterocycles. The molecule has 19 heavy (non-hydrogen) atoms. The minimum absolute atomic E-state index is 0.0440. The number of carbonyl (C=O) groups is 1. The number of hydrogen-bond donors (Lipinski definition) is 0. The summed E-state index contributed by atoms with van der Waals surface area (Å²) in [5.74, 6) is 0.812. The normalized spacial score (nSPS) is 25.9. The molecule has 4 nitrogen and oxygen atoms in total. The van der Waals surface area contributed by atoms with Crippen molar-refractivity contribution in [1.82, 2.24) is 4.90 Å². The molecule has 1 saturated heterocycles. The van der Waals surface area contributed by atoms with Crippen LogP contribution in [-0.2, 0) is 16.0 Å². The Kier molecular flexibility index (Phi) is 3.37. The van der Waals surface area contributed by atoms with Gasteiger partial charge in [0.2, 0.25) is 0 Å². The van der Waals surface area contributed by atoms with Crippen molar-refractivity contribution in [3.05, 3.63) is 28.8 Å². The highest BCUT2D eigenvalue weighted by Crippen LogP contribution is 2.31. The minimum atomic E-state index is -0.418. The number of fused-ring (bicyclic) bond motifs is 1. The second-order valence-electron chi connectivity index (χ2n) is 5.03. The van der Waals surface area contributed by atoms with Crippen LogP contribution in [0.5, 0.6) is 5.75 Å². The average molecular weight is 282 g/mol. The third kappa shape index (κ3) is 2.55. The molecule has 0 radical (unpaired) electrons. The van der Waals surface area contributed by atoms with Crippen LogP contribution in [0.15, 0.2) is 18.2 Å². The first kappa shape index (κ1) is 12.8. The molecule has 2 heterocycles. The number of carbonyl (C=O) groups excluding carboxylic acids is 1. The Hall–Kier alpha value is -1.26. The molecule has 0 bridgehead atoms. The Morgan fingerprint density at radius 3 is 3.11 bits per heavy atom. The van der Waals surface area contributed by atoms with Crippen LogP contribution >= 0.6 is 11.6 Å². The number of hydrogen-bond acceptors (Lipinski definition) is 3. The predicted octanol–water partition coefficient (Wildman–Crippen LogP) is 1.89. The van der Waals surface area contributed by atoms with Gasteiger partial charge in [0.15, 0.2) is 6.10 Å². The van der Waals surface area contributed by atoms with E-state index in [2.05, 4.69) is 0 Å². The van der Waals surface area contributed by atoms with E-state index in [-0.39, 0.29) is 12.0 Å². The molecule has 0 N–H and O–H groups in total. The number of ether oxygens (including phenoxy) is 2. The van der Waals surface area contributed by atoms with E-state index in [4.69, 9.17) is 21.1 Å². The summed E-state index contributed by atoms with van der Waals surface area (Å²) in [4.78, 5) is 14.2. The third-order valence-electron chi connectivity index (χ3n) is 3.53. The van der Waals surface area contributed by atoms with E-state index in [1.807, 2.05) is 24.0 Å². The van der Waals surface area contributed by atoms with Gasteiger partial charge in [-0.3, -0.25) is 4.79 Å². The van der Waals surface area contributed by atoms with E-state index in [9.17, 15) is 4.79 Å². The molecule has 5 heteroatoms. The maximum Gasteiger partial charge on any atom is 0.264 e. The Bertz CT molecular complexity index is 505. The highest BCUT2D eigenvalue weighted by molar-refractivity contribution is 6.30. The first-order chi connectivity index (χ1) is 9.13. The number of nitrogens with zero attached hydrogens (tertiary/aromatic N) is 1. The lowest BCUT2D eigenvalue weighted by Gasteiger charge is -2.32. The minimum Gasteiger partial charge on any atom is -0.480 e. The van der Waals surface area contributed by atoms with Gasteiger partial charge in [0.05, 0.1) is 12.7 Å². The monoisotopic (exact) mass is 281 g/mol. The van der Waals surface area contributed by atoms with Crippen LogP contribution in [0.3, 0.4) is 0 Å². The van der Waals surface area contributed by atoms with Crippen LogP contribution < -0.4 is 4.74 Å². The zero-order valence-electron chi connectivity index (χ0n) is 10.8. The van der Waals surface area contributed by atoms with E-state index < -0.39 is 6.10 Å². The molecule has 2 unspecified atom stereocenters. The molecule has 2 aliphatic heterocycles. The van der Waals surface area contributed by atoms with Gasteiger partial charge >= 0.3 is 0 Å². The zero-order chi connectivity index (χ0) is 13.4. The van der Waals surface area contributed by atoms with Crippen molar-refractivity contribution in [3.8, 4) is 5.75 Å². The van der Waals surface area contributed by atoms with Gasteiger partial charge in [-0.15, -0.1) is 0 Å². The average Bonchev–Trinajstić information content (AvgIpc) is 2.80. The molecule has 3 rings (SSSR count). The summed E-state index contributed by atoms with van der Waals surface area (Å²) in [5, 5.41) is 0.676. The number of benzene rings is 1. The third-order valence-corrected chi connectivity index (χ3v) is 3.76. The van der Waals surface area contributed by atoms with Gasteiger partial charge in [-0.25, -0.2) is 0 Å². The van der Waals surface area contributed by atoms with Gasteiger partial charge in [0, 0.05) is 24.5 Å². The Morgan fingerprint density at radius 2 is 2.32 bits per heavy atom. The van der Waals surface area contributed by atoms with Crippen LogP contribution in [0.4, 0.5) is 0 Å². The van der Waals surface area contributed by atoms with E-state index in [0.29, 0.717) is 31.1 Å². The fourth-order valence-electron chi connectivity index (χ4n) is 2.58. The Morgan fingerprint density at radius 1 is 1.47 bits per heavy atom. The van der Waals surface area contributed by atoms with Crippen molar-refractivity contribution in [2.45, 2.75) is 25.6 Å². The highest BCUT2D eigenvalue weighted by atomic mass is 35.5. The Labute approximate surface area is 117 Å². The summed E-state index contributed by atoms with van der Waals surface area (Å²) in [6.07, 6.45) is 0.273. The number of amides is 1. The van der Waals surface area contributed by atoms with Crippen LogP contribution in [-0.4, -0.2) is 42.7 Å². The molecular weight excluding hydrogens is 266 g/mol. The van der Waals surface area contributed by atoms with Crippen LogP contribution in [0.25, 0.3) is 0 Å². The van der Waals surface area contributed by atoms with Gasteiger partial charge in [-0.05, 0) is 30.7 Å². The van der Waals surface area contributed by atoms with Gasteiger partial charge in [-0.2, -0.15) is 0 Å². The summed E-state index contributed by atoms with van der Waals surface area (Å²) in [6, 6.07) is 5.48. The number of halogens is 1. The summed E-state index contributed by atoms with van der Waals surface area (Å²) < 4.78 is 11.2. The Balaban J connectivity index is 1.70. The summed E-state index contributed by atoms with van der Waals surface area (Å²) >= 11 is 5.95. The van der Waals surface area contributed by atoms with Gasteiger partial charge in [0.1, 0.15) is 5.75 Å².